The Morgan fingerprint density at radius 2 is 1.28 bits per heavy atom. The maximum absolute atomic E-state index is 11.7. The number of fused-ring (bicyclic) bond motifs is 1. The van der Waals surface area contributed by atoms with Gasteiger partial charge in [-0.1, -0.05) is 146 Å². The Hall–Kier alpha value is -6.93. The van der Waals surface area contributed by atoms with Crippen LogP contribution in [0.2, 0.25) is 0 Å². The van der Waals surface area contributed by atoms with E-state index in [1.54, 1.807) is 18.2 Å². The van der Waals surface area contributed by atoms with Crippen LogP contribution >= 0.6 is 0 Å². The Balaban J connectivity index is 1.18. The highest BCUT2D eigenvalue weighted by molar-refractivity contribution is 5.98. The second-order valence-corrected chi connectivity index (χ2v) is 12.9. The maximum atomic E-state index is 11.7. The van der Waals surface area contributed by atoms with E-state index in [1.165, 1.54) is 0 Å². The van der Waals surface area contributed by atoms with Crippen molar-refractivity contribution in [1.82, 2.24) is 25.2 Å². The molecule has 6 aromatic carbocycles. The average Bonchev–Trinajstić information content (AvgIpc) is 3.71. The van der Waals surface area contributed by atoms with Crippen LogP contribution in [0.3, 0.4) is 0 Å². The minimum atomic E-state index is -0.965. The smallest absolute Gasteiger partial charge is 0.335 e. The lowest BCUT2D eigenvalue weighted by molar-refractivity contribution is 0.0697. The molecule has 0 amide bonds. The lowest BCUT2D eigenvalue weighted by Gasteiger charge is -2.36. The summed E-state index contributed by atoms with van der Waals surface area (Å²) in [5.74, 6) is -0.326. The number of benzene rings is 6. The van der Waals surface area contributed by atoms with Gasteiger partial charge in [-0.2, -0.15) is 0 Å². The molecule has 8 rings (SSSR count). The molecule has 0 aliphatic rings. The summed E-state index contributed by atoms with van der Waals surface area (Å²) in [5, 5.41) is 27.7. The van der Waals surface area contributed by atoms with Gasteiger partial charge in [0.25, 0.3) is 0 Å². The first kappa shape index (κ1) is 33.2. The monoisotopic (exact) mass is 692 g/mol. The molecule has 0 aliphatic carbocycles. The first-order chi connectivity index (χ1) is 26.1. The summed E-state index contributed by atoms with van der Waals surface area (Å²) < 4.78 is 1.96. The van der Waals surface area contributed by atoms with Crippen LogP contribution in [0.15, 0.2) is 164 Å². The van der Waals surface area contributed by atoms with Crippen molar-refractivity contribution in [3.05, 3.63) is 197 Å². The Bertz CT molecular complexity index is 2420. The number of nitrogens with zero attached hydrogens (tertiary/aromatic N) is 5. The standard InChI is InChI=1S/C45H36N6O2/c1-2-37-29-42(40-28-33(44(52)53)26-27-41(40)47-37)46-30-31-22-24-32(25-23-31)38-20-12-13-21-39(38)43-48-49-50-51(43)45(34-14-6-3-7-15-34,35-16-8-4-9-17-35)36-18-10-5-11-19-36/h3-29H,2,30H2,1H3,(H,46,47)(H,52,53). The van der Waals surface area contributed by atoms with Crippen LogP contribution in [0.1, 0.15) is 45.2 Å². The van der Waals surface area contributed by atoms with Crippen molar-refractivity contribution in [2.24, 2.45) is 0 Å². The Morgan fingerprint density at radius 1 is 0.698 bits per heavy atom. The molecule has 2 N–H and O–H groups in total. The number of tetrazole rings is 1. The van der Waals surface area contributed by atoms with Gasteiger partial charge in [-0.25, -0.2) is 9.48 Å². The van der Waals surface area contributed by atoms with Crippen LogP contribution < -0.4 is 5.32 Å². The summed E-state index contributed by atoms with van der Waals surface area (Å²) in [6.07, 6.45) is 0.770. The number of pyridine rings is 1. The van der Waals surface area contributed by atoms with E-state index in [0.717, 1.165) is 67.6 Å². The summed E-state index contributed by atoms with van der Waals surface area (Å²) in [6.45, 7) is 2.61. The van der Waals surface area contributed by atoms with Crippen molar-refractivity contribution in [2.45, 2.75) is 25.4 Å². The molecule has 0 unspecified atom stereocenters. The quantitative estimate of drug-likeness (QED) is 0.130. The normalized spacial score (nSPS) is 11.4. The highest BCUT2D eigenvalue weighted by Crippen LogP contribution is 2.43. The van der Waals surface area contributed by atoms with Crippen LogP contribution in [0.25, 0.3) is 33.4 Å². The number of anilines is 1. The molecule has 0 bridgehead atoms. The van der Waals surface area contributed by atoms with E-state index in [0.29, 0.717) is 12.4 Å². The fourth-order valence-corrected chi connectivity index (χ4v) is 7.16. The van der Waals surface area contributed by atoms with E-state index in [4.69, 9.17) is 15.3 Å². The van der Waals surface area contributed by atoms with Crippen molar-refractivity contribution in [1.29, 1.82) is 0 Å². The minimum Gasteiger partial charge on any atom is -0.478 e. The van der Waals surface area contributed by atoms with Crippen LogP contribution in [-0.4, -0.2) is 36.3 Å². The zero-order valence-corrected chi connectivity index (χ0v) is 29.1. The number of nitrogens with one attached hydrogen (secondary N) is 1. The SMILES string of the molecule is CCc1cc(NCc2ccc(-c3ccccc3-c3nnnn3C(c3ccccc3)(c3ccccc3)c3ccccc3)cc2)c2cc(C(=O)O)ccc2n1. The van der Waals surface area contributed by atoms with Gasteiger partial charge in [-0.15, -0.1) is 5.10 Å². The fraction of sp³-hybridized carbons (Fsp3) is 0.0889. The van der Waals surface area contributed by atoms with Gasteiger partial charge in [0.1, 0.15) is 5.54 Å². The number of aryl methyl sites for hydroxylation is 1. The largest absolute Gasteiger partial charge is 0.478 e. The first-order valence-corrected chi connectivity index (χ1v) is 17.6. The van der Waals surface area contributed by atoms with Gasteiger partial charge in [-0.3, -0.25) is 4.98 Å². The zero-order chi connectivity index (χ0) is 36.2. The number of aromatic nitrogens is 5. The Kier molecular flexibility index (Phi) is 9.00. The molecule has 0 saturated heterocycles. The van der Waals surface area contributed by atoms with Crippen molar-refractivity contribution < 1.29 is 9.90 Å². The lowest BCUT2D eigenvalue weighted by atomic mass is 9.77. The van der Waals surface area contributed by atoms with Crippen molar-refractivity contribution >= 4 is 22.6 Å². The summed E-state index contributed by atoms with van der Waals surface area (Å²) in [4.78, 5) is 16.4. The molecular weight excluding hydrogens is 657 g/mol. The van der Waals surface area contributed by atoms with E-state index in [9.17, 15) is 9.90 Å². The third kappa shape index (κ3) is 6.21. The van der Waals surface area contributed by atoms with E-state index < -0.39 is 11.5 Å². The number of aromatic carboxylic acids is 1. The molecule has 258 valence electrons. The molecule has 8 heteroatoms. The molecule has 8 aromatic rings. The molecular formula is C45H36N6O2. The third-order valence-corrected chi connectivity index (χ3v) is 9.75. The van der Waals surface area contributed by atoms with Crippen molar-refractivity contribution in [3.8, 4) is 22.5 Å². The number of carboxylic acids is 1. The van der Waals surface area contributed by atoms with Crippen LogP contribution in [0, 0.1) is 0 Å². The molecule has 0 atom stereocenters. The van der Waals surface area contributed by atoms with E-state index in [-0.39, 0.29) is 5.56 Å². The number of rotatable bonds is 11. The highest BCUT2D eigenvalue weighted by atomic mass is 16.4. The predicted molar refractivity (Wildman–Crippen MR) is 209 cm³/mol. The lowest BCUT2D eigenvalue weighted by Crippen LogP contribution is -2.39. The molecule has 2 aromatic heterocycles. The molecule has 0 saturated carbocycles. The second kappa shape index (κ2) is 14.4. The third-order valence-electron chi connectivity index (χ3n) is 9.75. The molecule has 53 heavy (non-hydrogen) atoms. The summed E-state index contributed by atoms with van der Waals surface area (Å²) in [7, 11) is 0. The zero-order valence-electron chi connectivity index (χ0n) is 29.1. The highest BCUT2D eigenvalue weighted by Gasteiger charge is 2.42. The Morgan fingerprint density at radius 3 is 1.87 bits per heavy atom. The molecule has 8 nitrogen and oxygen atoms in total. The second-order valence-electron chi connectivity index (χ2n) is 12.9. The van der Waals surface area contributed by atoms with Crippen molar-refractivity contribution in [2.75, 3.05) is 5.32 Å². The topological polar surface area (TPSA) is 106 Å². The van der Waals surface area contributed by atoms with Gasteiger partial charge in [0.2, 0.25) is 0 Å². The van der Waals surface area contributed by atoms with Gasteiger partial charge in [0, 0.05) is 28.9 Å². The average molecular weight is 693 g/mol. The summed E-state index contributed by atoms with van der Waals surface area (Å²) >= 11 is 0. The van der Waals surface area contributed by atoms with E-state index in [1.807, 2.05) is 41.1 Å². The van der Waals surface area contributed by atoms with Crippen LogP contribution in [0.5, 0.6) is 0 Å². The minimum absolute atomic E-state index is 0.231. The van der Waals surface area contributed by atoms with E-state index >= 15 is 0 Å². The predicted octanol–water partition coefficient (Wildman–Crippen LogP) is 9.27. The molecule has 0 spiro atoms. The van der Waals surface area contributed by atoms with Crippen LogP contribution in [0.4, 0.5) is 5.69 Å². The van der Waals surface area contributed by atoms with Gasteiger partial charge >= 0.3 is 5.97 Å². The number of carbonyl (C=O) groups is 1. The Labute approximate surface area is 307 Å². The molecule has 0 radical (unpaired) electrons. The van der Waals surface area contributed by atoms with Crippen LogP contribution in [-0.2, 0) is 18.5 Å². The fourth-order valence-electron chi connectivity index (χ4n) is 7.16. The number of hydrogen-bond acceptors (Lipinski definition) is 6. The van der Waals surface area contributed by atoms with Gasteiger partial charge in [0.05, 0.1) is 11.1 Å². The molecule has 0 fully saturated rings. The summed E-state index contributed by atoms with van der Waals surface area (Å²) in [6, 6.07) is 54.9. The number of carboxylic acid groups (broad SMARTS) is 1. The van der Waals surface area contributed by atoms with Gasteiger partial charge < -0.3 is 10.4 Å². The first-order valence-electron chi connectivity index (χ1n) is 17.6. The van der Waals surface area contributed by atoms with E-state index in [2.05, 4.69) is 127 Å². The van der Waals surface area contributed by atoms with Crippen molar-refractivity contribution in [3.63, 3.8) is 0 Å². The number of hydrogen-bond donors (Lipinski definition) is 2. The van der Waals surface area contributed by atoms with Gasteiger partial charge in [0.15, 0.2) is 5.82 Å². The molecule has 2 heterocycles. The van der Waals surface area contributed by atoms with Gasteiger partial charge in [-0.05, 0) is 74.5 Å². The summed E-state index contributed by atoms with van der Waals surface area (Å²) in [5.41, 5.74) is 9.03. The maximum Gasteiger partial charge on any atom is 0.335 e. The molecule has 0 aliphatic heterocycles.